The van der Waals surface area contributed by atoms with Crippen molar-refractivity contribution in [2.24, 2.45) is 33.3 Å². The van der Waals surface area contributed by atoms with E-state index in [1.165, 1.54) is 56.2 Å². The number of rotatable bonds is 29. The number of urea groups is 1. The average Bonchev–Trinajstić information content (AvgIpc) is 1.09. The van der Waals surface area contributed by atoms with E-state index in [0.717, 1.165) is 118 Å². The van der Waals surface area contributed by atoms with Crippen molar-refractivity contribution in [3.63, 3.8) is 0 Å². The first-order valence-electron chi connectivity index (χ1n) is 34.4. The summed E-state index contributed by atoms with van der Waals surface area (Å²) in [4.78, 5) is 102. The number of nitrogens with one attached hydrogen (secondary N) is 5. The van der Waals surface area contributed by atoms with Gasteiger partial charge in [-0.3, -0.25) is 33.6 Å². The number of para-hydroxylation sites is 1. The number of thiazole rings is 1. The smallest absolute Gasteiger partial charge is 0.355 e. The first-order valence-corrected chi connectivity index (χ1v) is 35.2. The van der Waals surface area contributed by atoms with E-state index in [0.29, 0.717) is 41.7 Å². The number of ether oxygens (including phenoxy) is 1. The molecule has 7 amide bonds. The van der Waals surface area contributed by atoms with Gasteiger partial charge in [-0.05, 0) is 155 Å². The first-order chi connectivity index (χ1) is 46.4. The maximum Gasteiger partial charge on any atom is 0.355 e. The minimum atomic E-state index is -1.10. The predicted molar refractivity (Wildman–Crippen MR) is 370 cm³/mol. The molecule has 4 aromatic heterocycles. The van der Waals surface area contributed by atoms with Crippen LogP contribution >= 0.6 is 11.3 Å². The fourth-order valence-electron chi connectivity index (χ4n) is 18.2. The largest absolute Gasteiger partial charge is 0.476 e. The number of benzene rings is 2. The average molecular weight is 1340 g/mol. The number of quaternary nitrogens is 1. The van der Waals surface area contributed by atoms with E-state index in [2.05, 4.69) is 69.3 Å². The molecule has 3 aliphatic heterocycles. The molecule has 4 aliphatic carbocycles. The summed E-state index contributed by atoms with van der Waals surface area (Å²) < 4.78 is 9.77. The molecule has 4 bridgehead atoms. The fourth-order valence-corrected chi connectivity index (χ4v) is 19.1. The van der Waals surface area contributed by atoms with Crippen LogP contribution < -0.4 is 37.2 Å². The Kier molecular flexibility index (Phi) is 19.7. The van der Waals surface area contributed by atoms with Gasteiger partial charge in [0, 0.05) is 90.2 Å². The standard InChI is InChI=1S/C72H91N15O9S/c1-45(2)60(80-57(88)26-34-96-35-30-85-58(89)24-25-59(85)90)65(92)77-54(16-11-28-74-67(73)95)64(91)76-49-20-18-48(19-21-49)37-87(31-9-10-32-87)33-13-27-71-39-69(5)38-70(6,40-71)42-72(41-69,43-71)44-86-47(4)52(36-75-86)51-22-23-56(79-61(51)66(93)94)84-29-12-14-50-46(3)62(82-83-63(50)84)81-68-78-53-15-7-8-17-55(53)97-68/h7-8,15,17-25,36,45,54,60H,9-14,16,26-35,37-44H2,1-6H3,(H7-,73,74,76,77,78,80,81,82,88,91,92,93,94,95)/p+1/t54-,60-,69+,70?,71?,72?/m0/s1. The molecule has 2 aromatic carbocycles. The van der Waals surface area contributed by atoms with Crippen LogP contribution in [0.1, 0.15) is 150 Å². The van der Waals surface area contributed by atoms with Gasteiger partial charge in [0.25, 0.3) is 11.8 Å². The summed E-state index contributed by atoms with van der Waals surface area (Å²) in [5.74, 6) is -1.87. The third kappa shape index (κ3) is 15.2. The topological polar surface area (TPSA) is 311 Å². The molecule has 97 heavy (non-hydrogen) atoms. The molecule has 8 N–H and O–H groups in total. The van der Waals surface area contributed by atoms with E-state index >= 15 is 0 Å². The van der Waals surface area contributed by atoms with Crippen molar-refractivity contribution >= 4 is 91.4 Å². The van der Waals surface area contributed by atoms with Gasteiger partial charge in [-0.2, -0.15) is 5.10 Å². The zero-order chi connectivity index (χ0) is 68.4. The molecule has 7 aliphatic rings. The van der Waals surface area contributed by atoms with Gasteiger partial charge < -0.3 is 51.5 Å². The second kappa shape index (κ2) is 28.0. The molecule has 0 spiro atoms. The van der Waals surface area contributed by atoms with Gasteiger partial charge in [0.05, 0.1) is 55.8 Å². The number of primary amides is 1. The van der Waals surface area contributed by atoms with E-state index in [1.54, 1.807) is 25.2 Å². The molecule has 25 heteroatoms. The lowest BCUT2D eigenvalue weighted by Crippen LogP contribution is -2.60. The highest BCUT2D eigenvalue weighted by Crippen LogP contribution is 2.75. The lowest BCUT2D eigenvalue weighted by Gasteiger charge is -2.70. The Bertz CT molecular complexity index is 3960. The van der Waals surface area contributed by atoms with Crippen LogP contribution in [0.4, 0.5) is 33.1 Å². The van der Waals surface area contributed by atoms with E-state index in [9.17, 15) is 38.7 Å². The number of imide groups is 1. The molecule has 7 heterocycles. The minimum Gasteiger partial charge on any atom is -0.476 e. The summed E-state index contributed by atoms with van der Waals surface area (Å²) >= 11 is 1.56. The number of pyridine rings is 1. The van der Waals surface area contributed by atoms with Gasteiger partial charge in [0.1, 0.15) is 24.4 Å². The molecule has 3 unspecified atom stereocenters. The monoisotopic (exact) mass is 1340 g/mol. The van der Waals surface area contributed by atoms with E-state index < -0.39 is 53.6 Å². The van der Waals surface area contributed by atoms with Crippen LogP contribution in [0.2, 0.25) is 0 Å². The van der Waals surface area contributed by atoms with Crippen molar-refractivity contribution in [1.29, 1.82) is 0 Å². The summed E-state index contributed by atoms with van der Waals surface area (Å²) in [7, 11) is 0. The molecule has 6 aromatic rings. The number of carboxylic acids is 1. The van der Waals surface area contributed by atoms with Crippen molar-refractivity contribution < 1.29 is 47.9 Å². The van der Waals surface area contributed by atoms with Gasteiger partial charge in [-0.25, -0.2) is 19.6 Å². The van der Waals surface area contributed by atoms with Crippen LogP contribution in [0.3, 0.4) is 0 Å². The number of aromatic carboxylic acids is 1. The highest BCUT2D eigenvalue weighted by molar-refractivity contribution is 7.22. The van der Waals surface area contributed by atoms with E-state index in [4.69, 9.17) is 30.6 Å². The van der Waals surface area contributed by atoms with E-state index in [1.807, 2.05) is 66.6 Å². The summed E-state index contributed by atoms with van der Waals surface area (Å²) in [5.41, 5.74) is 12.9. The van der Waals surface area contributed by atoms with Crippen molar-refractivity contribution in [1.82, 2.24) is 50.8 Å². The highest BCUT2D eigenvalue weighted by atomic mass is 32.1. The molecule has 514 valence electrons. The number of aromatic nitrogens is 6. The number of carbonyl (C=O) groups excluding carboxylic acids is 6. The molecule has 13 rings (SSSR count). The Hall–Kier alpha value is -8.68. The number of hydrogen-bond acceptors (Lipinski definition) is 16. The molecule has 1 saturated heterocycles. The van der Waals surface area contributed by atoms with Crippen LogP contribution in [-0.4, -0.2) is 151 Å². The summed E-state index contributed by atoms with van der Waals surface area (Å²) in [6, 6.07) is 17.1. The van der Waals surface area contributed by atoms with Gasteiger partial charge >= 0.3 is 12.0 Å². The Morgan fingerprint density at radius 3 is 2.26 bits per heavy atom. The Labute approximate surface area is 569 Å². The van der Waals surface area contributed by atoms with Gasteiger partial charge in [0.15, 0.2) is 22.5 Å². The van der Waals surface area contributed by atoms with E-state index in [-0.39, 0.29) is 72.4 Å². The zero-order valence-electron chi connectivity index (χ0n) is 56.6. The van der Waals surface area contributed by atoms with Crippen molar-refractivity contribution in [3.8, 4) is 11.1 Å². The summed E-state index contributed by atoms with van der Waals surface area (Å²) in [5, 5.41) is 40.6. The molecule has 5 fully saturated rings. The van der Waals surface area contributed by atoms with Crippen LogP contribution in [0.15, 0.2) is 79.0 Å². The quantitative estimate of drug-likeness (QED) is 0.0130. The molecule has 24 nitrogen and oxygen atoms in total. The molecular formula is C72H92N15O9S+. The summed E-state index contributed by atoms with van der Waals surface area (Å²) in [6.45, 7) is 18.7. The lowest BCUT2D eigenvalue weighted by atomic mass is 9.35. The SMILES string of the molecule is Cc1c(Nc2nc3ccccc3s2)nnc2c1CCCN2c1ccc(-c2cnn(CC34CC5(C)CC(CCC[N+]6(Cc7ccc(NC(=O)[C@H](CCCNC(N)=O)NC(=O)[C@@H](NC(=O)CCOCCN8C(=O)C=CC8=O)C(C)C)cc7)CCCC6)(C3)C[C@@](C)(C5)C4)c2C)c(C(=O)O)n1. The number of likely N-dealkylation sites (tertiary alicyclic amines) is 1. The van der Waals surface area contributed by atoms with Gasteiger partial charge in [-0.1, -0.05) is 63.3 Å². The van der Waals surface area contributed by atoms with Gasteiger partial charge in [0.2, 0.25) is 17.7 Å². The number of carboxylic acid groups (broad SMARTS) is 1. The lowest BCUT2D eigenvalue weighted by molar-refractivity contribution is -0.930. The number of anilines is 5. The maximum absolute atomic E-state index is 14.1. The summed E-state index contributed by atoms with van der Waals surface area (Å²) in [6.07, 6.45) is 18.1. The van der Waals surface area contributed by atoms with Crippen LogP contribution in [0.5, 0.6) is 0 Å². The predicted octanol–water partition coefficient (Wildman–Crippen LogP) is 9.79. The first kappa shape index (κ1) is 68.3. The third-order valence-corrected chi connectivity index (χ3v) is 22.2. The Balaban J connectivity index is 0.670. The molecular weight excluding hydrogens is 1250 g/mol. The van der Waals surface area contributed by atoms with Gasteiger partial charge in [-0.15, -0.1) is 10.2 Å². The molecule has 0 radical (unpaired) electrons. The molecule has 4 saturated carbocycles. The minimum absolute atomic E-state index is 0.00134. The number of nitrogens with zero attached hydrogens (tertiary/aromatic N) is 9. The van der Waals surface area contributed by atoms with Crippen molar-refractivity contribution in [2.75, 3.05) is 68.0 Å². The van der Waals surface area contributed by atoms with Crippen molar-refractivity contribution in [3.05, 3.63) is 107 Å². The molecule has 6 atom stereocenters. The van der Waals surface area contributed by atoms with Crippen LogP contribution in [0, 0.1) is 41.4 Å². The Morgan fingerprint density at radius 2 is 1.55 bits per heavy atom. The number of fused-ring (bicyclic) bond motifs is 2. The highest BCUT2D eigenvalue weighted by Gasteiger charge is 2.65. The fraction of sp³-hybridized carbons (Fsp3) is 0.528. The number of hydrogen-bond donors (Lipinski definition) is 7. The number of amides is 7. The van der Waals surface area contributed by atoms with Crippen LogP contribution in [0.25, 0.3) is 21.3 Å². The second-order valence-corrected chi connectivity index (χ2v) is 30.7. The number of nitrogens with two attached hydrogens (primary N) is 1. The maximum atomic E-state index is 14.1. The normalized spacial score (nSPS) is 22.8. The second-order valence-electron chi connectivity index (χ2n) is 29.7. The third-order valence-electron chi connectivity index (χ3n) is 21.2. The van der Waals surface area contributed by atoms with Crippen LogP contribution in [-0.2, 0) is 48.2 Å². The Morgan fingerprint density at radius 1 is 0.814 bits per heavy atom. The number of carbonyl (C=O) groups is 7. The zero-order valence-corrected chi connectivity index (χ0v) is 57.5. The van der Waals surface area contributed by atoms with Crippen molar-refractivity contribution in [2.45, 2.75) is 163 Å².